The molecule has 1 aliphatic carbocycles. The minimum atomic E-state index is -0.229. The highest BCUT2D eigenvalue weighted by molar-refractivity contribution is 5.73. The van der Waals surface area contributed by atoms with Gasteiger partial charge in [-0.15, -0.1) is 0 Å². The van der Waals surface area contributed by atoms with Crippen LogP contribution in [0.3, 0.4) is 0 Å². The highest BCUT2D eigenvalue weighted by Crippen LogP contribution is 2.39. The molecule has 4 N–H and O–H groups in total. The number of aromatic nitrogens is 5. The SMILES string of the molecule is OCC#Cc1cn2c(-c3ccc(-c4cnc(C5CC5)[nH]4)cc3)cnc2c(NCCCCO)n1. The van der Waals surface area contributed by atoms with Crippen LogP contribution < -0.4 is 5.32 Å². The van der Waals surface area contributed by atoms with Gasteiger partial charge in [0.05, 0.1) is 23.8 Å². The van der Waals surface area contributed by atoms with Crippen LogP contribution in [0, 0.1) is 11.8 Å². The molecule has 0 spiro atoms. The van der Waals surface area contributed by atoms with E-state index in [1.807, 2.05) is 23.0 Å². The summed E-state index contributed by atoms with van der Waals surface area (Å²) in [6.07, 6.45) is 9.55. The maximum Gasteiger partial charge on any atom is 0.180 e. The number of aliphatic hydroxyl groups is 2. The molecule has 1 fully saturated rings. The van der Waals surface area contributed by atoms with Crippen LogP contribution in [0.1, 0.15) is 43.1 Å². The second-order valence-electron chi connectivity index (χ2n) is 8.16. The second kappa shape index (κ2) is 9.45. The quantitative estimate of drug-likeness (QED) is 0.246. The first-order chi connectivity index (χ1) is 16.3. The van der Waals surface area contributed by atoms with Crippen molar-refractivity contribution in [3.63, 3.8) is 0 Å². The van der Waals surface area contributed by atoms with E-state index in [1.165, 1.54) is 12.8 Å². The summed E-state index contributed by atoms with van der Waals surface area (Å²) in [5.41, 5.74) is 5.31. The number of unbranched alkanes of at least 4 members (excludes halogenated alkanes) is 1. The van der Waals surface area contributed by atoms with Crippen molar-refractivity contribution < 1.29 is 10.2 Å². The Kier molecular flexibility index (Phi) is 6.07. The van der Waals surface area contributed by atoms with E-state index in [-0.39, 0.29) is 13.2 Å². The van der Waals surface area contributed by atoms with Crippen LogP contribution >= 0.6 is 0 Å². The number of hydrogen-bond donors (Lipinski definition) is 4. The van der Waals surface area contributed by atoms with Gasteiger partial charge in [0, 0.05) is 30.8 Å². The molecule has 8 heteroatoms. The highest BCUT2D eigenvalue weighted by Gasteiger charge is 2.26. The standard InChI is InChI=1S/C25H26N6O2/c32-12-2-1-11-26-24-25-28-15-22(31(25)16-20(29-24)4-3-13-33)18-7-5-17(6-8-18)21-14-27-23(30-21)19-9-10-19/h5-8,14-16,19,32-33H,1-2,9-13H2,(H,26,29)(H,27,30). The summed E-state index contributed by atoms with van der Waals surface area (Å²) < 4.78 is 1.97. The molecule has 168 valence electrons. The molecule has 8 nitrogen and oxygen atoms in total. The number of rotatable bonds is 8. The van der Waals surface area contributed by atoms with E-state index in [1.54, 1.807) is 0 Å². The molecule has 1 aromatic carbocycles. The maximum absolute atomic E-state index is 9.09. The van der Waals surface area contributed by atoms with Crippen molar-refractivity contribution in [3.05, 3.63) is 54.4 Å². The predicted octanol–water partition coefficient (Wildman–Crippen LogP) is 3.19. The monoisotopic (exact) mass is 442 g/mol. The molecular formula is C25H26N6O2. The predicted molar refractivity (Wildman–Crippen MR) is 127 cm³/mol. The van der Waals surface area contributed by atoms with Gasteiger partial charge in [0.25, 0.3) is 0 Å². The lowest BCUT2D eigenvalue weighted by Crippen LogP contribution is -2.07. The Morgan fingerprint density at radius 2 is 1.88 bits per heavy atom. The highest BCUT2D eigenvalue weighted by atomic mass is 16.3. The Balaban J connectivity index is 1.46. The van der Waals surface area contributed by atoms with E-state index < -0.39 is 0 Å². The summed E-state index contributed by atoms with van der Waals surface area (Å²) in [7, 11) is 0. The molecule has 3 heterocycles. The summed E-state index contributed by atoms with van der Waals surface area (Å²) in [6.45, 7) is 0.605. The zero-order chi connectivity index (χ0) is 22.6. The molecule has 0 bridgehead atoms. The van der Waals surface area contributed by atoms with Gasteiger partial charge in [-0.25, -0.2) is 15.0 Å². The van der Waals surface area contributed by atoms with Crippen molar-refractivity contribution in [1.82, 2.24) is 24.3 Å². The molecule has 0 radical (unpaired) electrons. The fraction of sp³-hybridized carbons (Fsp3) is 0.320. The number of aromatic amines is 1. The van der Waals surface area contributed by atoms with Crippen molar-refractivity contribution in [2.75, 3.05) is 25.1 Å². The lowest BCUT2D eigenvalue weighted by molar-refractivity contribution is 0.286. The lowest BCUT2D eigenvalue weighted by atomic mass is 10.1. The minimum Gasteiger partial charge on any atom is -0.396 e. The van der Waals surface area contributed by atoms with Gasteiger partial charge in [0.15, 0.2) is 11.5 Å². The number of fused-ring (bicyclic) bond motifs is 1. The number of H-pyrrole nitrogens is 1. The molecule has 0 amide bonds. The first kappa shape index (κ1) is 21.2. The van der Waals surface area contributed by atoms with Crippen molar-refractivity contribution >= 4 is 11.5 Å². The number of benzene rings is 1. The van der Waals surface area contributed by atoms with Crippen LogP contribution in [0.25, 0.3) is 28.2 Å². The van der Waals surface area contributed by atoms with Crippen LogP contribution in [0.15, 0.2) is 42.9 Å². The van der Waals surface area contributed by atoms with E-state index >= 15 is 0 Å². The van der Waals surface area contributed by atoms with Crippen LogP contribution in [0.5, 0.6) is 0 Å². The Morgan fingerprint density at radius 3 is 2.64 bits per heavy atom. The Bertz CT molecular complexity index is 1310. The fourth-order valence-corrected chi connectivity index (χ4v) is 3.82. The largest absolute Gasteiger partial charge is 0.396 e. The topological polar surface area (TPSA) is 111 Å². The maximum atomic E-state index is 9.09. The molecule has 33 heavy (non-hydrogen) atoms. The number of hydrogen-bond acceptors (Lipinski definition) is 6. The molecule has 4 aromatic rings. The summed E-state index contributed by atoms with van der Waals surface area (Å²) >= 11 is 0. The van der Waals surface area contributed by atoms with Gasteiger partial charge in [0.2, 0.25) is 0 Å². The van der Waals surface area contributed by atoms with Gasteiger partial charge < -0.3 is 20.5 Å². The molecule has 0 aliphatic heterocycles. The van der Waals surface area contributed by atoms with Crippen LogP contribution in [0.2, 0.25) is 0 Å². The Morgan fingerprint density at radius 1 is 1.06 bits per heavy atom. The zero-order valence-corrected chi connectivity index (χ0v) is 18.3. The third-order valence-corrected chi connectivity index (χ3v) is 5.72. The average molecular weight is 443 g/mol. The molecule has 1 aliphatic rings. The van der Waals surface area contributed by atoms with Crippen molar-refractivity contribution in [2.45, 2.75) is 31.6 Å². The van der Waals surface area contributed by atoms with Crippen molar-refractivity contribution in [2.24, 2.45) is 0 Å². The number of anilines is 1. The molecule has 0 atom stereocenters. The molecule has 1 saturated carbocycles. The van der Waals surface area contributed by atoms with E-state index in [2.05, 4.69) is 61.4 Å². The first-order valence-corrected chi connectivity index (χ1v) is 11.2. The van der Waals surface area contributed by atoms with Crippen molar-refractivity contribution in [1.29, 1.82) is 0 Å². The summed E-state index contributed by atoms with van der Waals surface area (Å²) in [6, 6.07) is 8.32. The number of aliphatic hydroxyl groups excluding tert-OH is 2. The fourth-order valence-electron chi connectivity index (χ4n) is 3.82. The zero-order valence-electron chi connectivity index (χ0n) is 18.3. The first-order valence-electron chi connectivity index (χ1n) is 11.2. The van der Waals surface area contributed by atoms with Gasteiger partial charge in [0.1, 0.15) is 18.1 Å². The van der Waals surface area contributed by atoms with Gasteiger partial charge in [-0.2, -0.15) is 0 Å². The molecule has 3 aromatic heterocycles. The van der Waals surface area contributed by atoms with E-state index in [4.69, 9.17) is 10.2 Å². The van der Waals surface area contributed by atoms with Crippen molar-refractivity contribution in [3.8, 4) is 34.4 Å². The van der Waals surface area contributed by atoms with E-state index in [9.17, 15) is 0 Å². The van der Waals surface area contributed by atoms with Gasteiger partial charge >= 0.3 is 0 Å². The van der Waals surface area contributed by atoms with Crippen LogP contribution in [-0.2, 0) is 0 Å². The van der Waals surface area contributed by atoms with Gasteiger partial charge in [-0.05, 0) is 37.2 Å². The molecule has 5 rings (SSSR count). The lowest BCUT2D eigenvalue weighted by Gasteiger charge is -2.09. The summed E-state index contributed by atoms with van der Waals surface area (Å²) in [4.78, 5) is 17.1. The molecular weight excluding hydrogens is 416 g/mol. The summed E-state index contributed by atoms with van der Waals surface area (Å²) in [5.74, 6) is 7.87. The average Bonchev–Trinajstić information content (AvgIpc) is 3.41. The van der Waals surface area contributed by atoms with Crippen LogP contribution in [-0.4, -0.2) is 54.3 Å². The third-order valence-electron chi connectivity index (χ3n) is 5.72. The second-order valence-corrected chi connectivity index (χ2v) is 8.16. The van der Waals surface area contributed by atoms with E-state index in [0.29, 0.717) is 29.6 Å². The smallest absolute Gasteiger partial charge is 0.180 e. The van der Waals surface area contributed by atoms with Crippen LogP contribution in [0.4, 0.5) is 5.82 Å². The number of imidazole rings is 2. The number of nitrogens with one attached hydrogen (secondary N) is 2. The molecule has 0 saturated heterocycles. The van der Waals surface area contributed by atoms with E-state index in [0.717, 1.165) is 41.2 Å². The Labute approximate surface area is 191 Å². The van der Waals surface area contributed by atoms with Gasteiger partial charge in [-0.1, -0.05) is 30.2 Å². The van der Waals surface area contributed by atoms with Gasteiger partial charge in [-0.3, -0.25) is 4.40 Å². The Hall–Kier alpha value is -3.67. The molecule has 0 unspecified atom stereocenters. The third kappa shape index (κ3) is 4.60. The summed E-state index contributed by atoms with van der Waals surface area (Å²) in [5, 5.41) is 21.4. The minimum absolute atomic E-state index is 0.163. The normalized spacial score (nSPS) is 13.2. The number of nitrogens with zero attached hydrogens (tertiary/aromatic N) is 4.